The van der Waals surface area contributed by atoms with Crippen LogP contribution in [-0.2, 0) is 6.54 Å². The second kappa shape index (κ2) is 7.49. The van der Waals surface area contributed by atoms with Crippen molar-refractivity contribution >= 4 is 17.5 Å². The first kappa shape index (κ1) is 16.5. The minimum atomic E-state index is 0.0631. The van der Waals surface area contributed by atoms with Gasteiger partial charge in [-0.15, -0.1) is 10.2 Å². The summed E-state index contributed by atoms with van der Waals surface area (Å²) in [7, 11) is 0. The second-order valence-electron chi connectivity index (χ2n) is 5.62. The summed E-state index contributed by atoms with van der Waals surface area (Å²) in [5.74, 6) is 1.26. The number of aromatic amines is 1. The van der Waals surface area contributed by atoms with Crippen molar-refractivity contribution in [2.75, 3.05) is 5.75 Å². The molecule has 0 unspecified atom stereocenters. The predicted octanol–water partition coefficient (Wildman–Crippen LogP) is 3.97. The van der Waals surface area contributed by atoms with Crippen molar-refractivity contribution in [1.82, 2.24) is 19.7 Å². The molecule has 0 saturated carbocycles. The first-order valence-electron chi connectivity index (χ1n) is 7.98. The zero-order valence-corrected chi connectivity index (χ0v) is 14.6. The highest BCUT2D eigenvalue weighted by molar-refractivity contribution is 7.99. The standard InChI is InChI=1S/C18H20N4OS/c1-3-10-22-17(14-7-4-6-13(2)11-14)20-21-18(22)24-12-16(23)15-8-5-9-19-15/h4-9,11,19H,3,10,12H2,1-2H3. The van der Waals surface area contributed by atoms with Crippen LogP contribution in [0.1, 0.15) is 29.4 Å². The van der Waals surface area contributed by atoms with Crippen LogP contribution in [-0.4, -0.2) is 31.3 Å². The number of aromatic nitrogens is 4. The Bertz CT molecular complexity index is 823. The minimum absolute atomic E-state index is 0.0631. The molecule has 124 valence electrons. The number of nitrogens with one attached hydrogen (secondary N) is 1. The molecule has 0 bridgehead atoms. The fourth-order valence-corrected chi connectivity index (χ4v) is 3.38. The van der Waals surface area contributed by atoms with Gasteiger partial charge in [0.25, 0.3) is 0 Å². The monoisotopic (exact) mass is 340 g/mol. The quantitative estimate of drug-likeness (QED) is 0.522. The summed E-state index contributed by atoms with van der Waals surface area (Å²) in [5.41, 5.74) is 2.87. The third kappa shape index (κ3) is 3.59. The van der Waals surface area contributed by atoms with Gasteiger partial charge in [0, 0.05) is 18.3 Å². The van der Waals surface area contributed by atoms with Gasteiger partial charge in [-0.1, -0.05) is 42.4 Å². The van der Waals surface area contributed by atoms with E-state index in [9.17, 15) is 4.79 Å². The Labute approximate surface area is 145 Å². The fraction of sp³-hybridized carbons (Fsp3) is 0.278. The van der Waals surface area contributed by atoms with E-state index in [2.05, 4.69) is 45.7 Å². The fourth-order valence-electron chi connectivity index (χ4n) is 2.53. The number of rotatable bonds is 7. The van der Waals surface area contributed by atoms with Crippen LogP contribution < -0.4 is 0 Å². The van der Waals surface area contributed by atoms with Gasteiger partial charge in [0.1, 0.15) is 0 Å². The van der Waals surface area contributed by atoms with Crippen LogP contribution in [0.25, 0.3) is 11.4 Å². The molecule has 1 aromatic carbocycles. The van der Waals surface area contributed by atoms with Gasteiger partial charge in [-0.05, 0) is 31.5 Å². The molecule has 0 aliphatic rings. The predicted molar refractivity (Wildman–Crippen MR) is 96.3 cm³/mol. The zero-order chi connectivity index (χ0) is 16.9. The van der Waals surface area contributed by atoms with Gasteiger partial charge in [0.05, 0.1) is 11.4 Å². The summed E-state index contributed by atoms with van der Waals surface area (Å²) in [6.07, 6.45) is 2.74. The summed E-state index contributed by atoms with van der Waals surface area (Å²) in [4.78, 5) is 15.1. The average Bonchev–Trinajstić information content (AvgIpc) is 3.23. The van der Waals surface area contributed by atoms with E-state index in [1.807, 2.05) is 18.2 Å². The summed E-state index contributed by atoms with van der Waals surface area (Å²) >= 11 is 1.43. The lowest BCUT2D eigenvalue weighted by molar-refractivity contribution is 0.101. The van der Waals surface area contributed by atoms with E-state index in [1.165, 1.54) is 17.3 Å². The van der Waals surface area contributed by atoms with Crippen molar-refractivity contribution in [2.45, 2.75) is 32.0 Å². The van der Waals surface area contributed by atoms with Gasteiger partial charge in [-0.3, -0.25) is 4.79 Å². The molecule has 2 heterocycles. The Morgan fingerprint density at radius 3 is 2.83 bits per heavy atom. The largest absolute Gasteiger partial charge is 0.359 e. The lowest BCUT2D eigenvalue weighted by Gasteiger charge is -2.09. The number of aryl methyl sites for hydroxylation is 1. The molecule has 0 atom stereocenters. The van der Waals surface area contributed by atoms with Crippen molar-refractivity contribution in [1.29, 1.82) is 0 Å². The molecule has 24 heavy (non-hydrogen) atoms. The Balaban J connectivity index is 1.82. The van der Waals surface area contributed by atoms with E-state index in [0.717, 1.165) is 29.5 Å². The Hall–Kier alpha value is -2.34. The van der Waals surface area contributed by atoms with E-state index >= 15 is 0 Å². The molecular weight excluding hydrogens is 320 g/mol. The summed E-state index contributed by atoms with van der Waals surface area (Å²) < 4.78 is 2.10. The molecule has 5 nitrogen and oxygen atoms in total. The summed E-state index contributed by atoms with van der Waals surface area (Å²) in [6.45, 7) is 5.02. The number of benzene rings is 1. The molecule has 0 radical (unpaired) electrons. The minimum Gasteiger partial charge on any atom is -0.359 e. The maximum Gasteiger partial charge on any atom is 0.191 e. The molecule has 1 N–H and O–H groups in total. The van der Waals surface area contributed by atoms with Crippen molar-refractivity contribution in [3.8, 4) is 11.4 Å². The van der Waals surface area contributed by atoms with Gasteiger partial charge in [0.15, 0.2) is 16.8 Å². The highest BCUT2D eigenvalue weighted by atomic mass is 32.2. The number of ketones is 1. The third-order valence-electron chi connectivity index (χ3n) is 3.67. The topological polar surface area (TPSA) is 63.6 Å². The number of Topliss-reactive ketones (excluding diaryl/α,β-unsaturated/α-hetero) is 1. The van der Waals surface area contributed by atoms with E-state index in [1.54, 1.807) is 12.3 Å². The van der Waals surface area contributed by atoms with Gasteiger partial charge in [-0.25, -0.2) is 0 Å². The van der Waals surface area contributed by atoms with Gasteiger partial charge in [-0.2, -0.15) is 0 Å². The smallest absolute Gasteiger partial charge is 0.191 e. The lowest BCUT2D eigenvalue weighted by Crippen LogP contribution is -2.06. The molecule has 0 aliphatic heterocycles. The number of hydrogen-bond acceptors (Lipinski definition) is 4. The van der Waals surface area contributed by atoms with Gasteiger partial charge < -0.3 is 9.55 Å². The number of nitrogens with zero attached hydrogens (tertiary/aromatic N) is 3. The first-order chi connectivity index (χ1) is 11.7. The van der Waals surface area contributed by atoms with Crippen molar-refractivity contribution in [2.24, 2.45) is 0 Å². The van der Waals surface area contributed by atoms with Gasteiger partial charge in [0.2, 0.25) is 0 Å². The van der Waals surface area contributed by atoms with Gasteiger partial charge >= 0.3 is 0 Å². The van der Waals surface area contributed by atoms with Crippen LogP contribution in [0.2, 0.25) is 0 Å². The normalized spacial score (nSPS) is 10.9. The van der Waals surface area contributed by atoms with E-state index in [4.69, 9.17) is 0 Å². The van der Waals surface area contributed by atoms with E-state index in [-0.39, 0.29) is 5.78 Å². The highest BCUT2D eigenvalue weighted by Crippen LogP contribution is 2.25. The third-order valence-corrected chi connectivity index (χ3v) is 4.64. The first-order valence-corrected chi connectivity index (χ1v) is 8.97. The molecule has 3 rings (SSSR count). The van der Waals surface area contributed by atoms with Crippen LogP contribution in [0.5, 0.6) is 0 Å². The van der Waals surface area contributed by atoms with E-state index < -0.39 is 0 Å². The van der Waals surface area contributed by atoms with Crippen LogP contribution in [0.4, 0.5) is 0 Å². The molecule has 0 amide bonds. The van der Waals surface area contributed by atoms with Crippen molar-refractivity contribution in [3.63, 3.8) is 0 Å². The Morgan fingerprint density at radius 1 is 1.25 bits per heavy atom. The van der Waals surface area contributed by atoms with E-state index in [0.29, 0.717) is 11.4 Å². The Kier molecular flexibility index (Phi) is 5.15. The van der Waals surface area contributed by atoms with Crippen molar-refractivity contribution < 1.29 is 4.79 Å². The SMILES string of the molecule is CCCn1c(SCC(=O)c2ccc[nH]2)nnc1-c1cccc(C)c1. The maximum absolute atomic E-state index is 12.2. The molecule has 2 aromatic heterocycles. The molecular formula is C18H20N4OS. The molecule has 0 saturated heterocycles. The molecule has 6 heteroatoms. The molecule has 0 aliphatic carbocycles. The average molecular weight is 340 g/mol. The summed E-state index contributed by atoms with van der Waals surface area (Å²) in [5, 5.41) is 9.45. The number of carbonyl (C=O) groups excluding carboxylic acids is 1. The Morgan fingerprint density at radius 2 is 2.12 bits per heavy atom. The second-order valence-corrected chi connectivity index (χ2v) is 6.57. The number of H-pyrrole nitrogens is 1. The lowest BCUT2D eigenvalue weighted by atomic mass is 10.1. The zero-order valence-electron chi connectivity index (χ0n) is 13.8. The molecule has 0 fully saturated rings. The van der Waals surface area contributed by atoms with Crippen LogP contribution in [0, 0.1) is 6.92 Å². The molecule has 3 aromatic rings. The molecule has 0 spiro atoms. The summed E-state index contributed by atoms with van der Waals surface area (Å²) in [6, 6.07) is 11.9. The van der Waals surface area contributed by atoms with Crippen LogP contribution in [0.3, 0.4) is 0 Å². The maximum atomic E-state index is 12.2. The number of thioether (sulfide) groups is 1. The number of hydrogen-bond donors (Lipinski definition) is 1. The number of carbonyl (C=O) groups is 1. The van der Waals surface area contributed by atoms with Crippen molar-refractivity contribution in [3.05, 3.63) is 53.9 Å². The van der Waals surface area contributed by atoms with Crippen LogP contribution >= 0.6 is 11.8 Å². The highest BCUT2D eigenvalue weighted by Gasteiger charge is 2.16. The van der Waals surface area contributed by atoms with Crippen LogP contribution in [0.15, 0.2) is 47.8 Å².